The highest BCUT2D eigenvalue weighted by Gasteiger charge is 2.31. The lowest BCUT2D eigenvalue weighted by Gasteiger charge is -2.16. The van der Waals surface area contributed by atoms with Crippen LogP contribution in [-0.2, 0) is 15.7 Å². The van der Waals surface area contributed by atoms with Gasteiger partial charge in [0.25, 0.3) is 0 Å². The number of hydrogen-bond acceptors (Lipinski definition) is 3. The summed E-state index contributed by atoms with van der Waals surface area (Å²) in [5.74, 6) is -0.624. The Bertz CT molecular complexity index is 487. The van der Waals surface area contributed by atoms with E-state index in [-0.39, 0.29) is 36.5 Å². The van der Waals surface area contributed by atoms with E-state index in [1.54, 1.807) is 13.8 Å². The molecule has 1 aromatic carbocycles. The summed E-state index contributed by atoms with van der Waals surface area (Å²) in [6, 6.07) is 2.95. The number of benzene rings is 1. The first-order valence-corrected chi connectivity index (χ1v) is 6.39. The van der Waals surface area contributed by atoms with Crippen LogP contribution in [0, 0.1) is 5.92 Å². The molecule has 0 fully saturated rings. The van der Waals surface area contributed by atoms with Crippen molar-refractivity contribution in [2.24, 2.45) is 5.92 Å². The van der Waals surface area contributed by atoms with Crippen LogP contribution in [0.2, 0.25) is 0 Å². The number of methoxy groups -OCH3 is 1. The topological polar surface area (TPSA) is 47.6 Å². The zero-order chi connectivity index (χ0) is 16.0. The van der Waals surface area contributed by atoms with Crippen molar-refractivity contribution in [3.8, 4) is 5.75 Å². The van der Waals surface area contributed by atoms with Crippen molar-refractivity contribution >= 4 is 11.6 Å². The number of alkyl halides is 3. The van der Waals surface area contributed by atoms with Crippen molar-refractivity contribution in [3.63, 3.8) is 0 Å². The van der Waals surface area contributed by atoms with Gasteiger partial charge in [0.15, 0.2) is 0 Å². The number of carbonyl (C=O) groups excluding carboxylic acids is 1. The van der Waals surface area contributed by atoms with Gasteiger partial charge in [0.05, 0.1) is 17.9 Å². The number of nitrogens with one attached hydrogen (secondary N) is 1. The Morgan fingerprint density at radius 3 is 2.48 bits per heavy atom. The second-order valence-corrected chi connectivity index (χ2v) is 4.69. The summed E-state index contributed by atoms with van der Waals surface area (Å²) in [4.78, 5) is 11.7. The SMILES string of the molecule is COCCOc1cc(C(F)(F)F)ccc1NC(=O)C(C)C. The number of hydrogen-bond donors (Lipinski definition) is 1. The summed E-state index contributed by atoms with van der Waals surface area (Å²) in [5.41, 5.74) is -0.629. The van der Waals surface area contributed by atoms with Gasteiger partial charge in [0, 0.05) is 13.0 Å². The first-order chi connectivity index (χ1) is 9.75. The van der Waals surface area contributed by atoms with Gasteiger partial charge in [-0.25, -0.2) is 0 Å². The number of halogens is 3. The molecule has 1 rings (SSSR count). The molecule has 0 aliphatic carbocycles. The fraction of sp³-hybridized carbons (Fsp3) is 0.500. The van der Waals surface area contributed by atoms with Crippen molar-refractivity contribution in [2.45, 2.75) is 20.0 Å². The third-order valence-electron chi connectivity index (χ3n) is 2.64. The molecule has 0 aromatic heterocycles. The van der Waals surface area contributed by atoms with E-state index in [0.717, 1.165) is 12.1 Å². The molecule has 0 heterocycles. The van der Waals surface area contributed by atoms with Crippen molar-refractivity contribution in [1.29, 1.82) is 0 Å². The van der Waals surface area contributed by atoms with Gasteiger partial charge in [0.2, 0.25) is 5.91 Å². The van der Waals surface area contributed by atoms with Crippen molar-refractivity contribution in [1.82, 2.24) is 0 Å². The van der Waals surface area contributed by atoms with Crippen LogP contribution in [0.5, 0.6) is 5.75 Å². The number of rotatable bonds is 6. The maximum atomic E-state index is 12.7. The van der Waals surface area contributed by atoms with E-state index in [1.807, 2.05) is 0 Å². The van der Waals surface area contributed by atoms with Crippen molar-refractivity contribution in [3.05, 3.63) is 23.8 Å². The minimum absolute atomic E-state index is 0.0316. The molecule has 1 aromatic rings. The molecule has 0 spiro atoms. The summed E-state index contributed by atoms with van der Waals surface area (Å²) in [6.07, 6.45) is -4.47. The van der Waals surface area contributed by atoms with Crippen molar-refractivity contribution in [2.75, 3.05) is 25.6 Å². The second-order valence-electron chi connectivity index (χ2n) is 4.69. The van der Waals surface area contributed by atoms with Crippen LogP contribution in [0.4, 0.5) is 18.9 Å². The number of ether oxygens (including phenoxy) is 2. The van der Waals surface area contributed by atoms with Gasteiger partial charge in [0.1, 0.15) is 12.4 Å². The zero-order valence-corrected chi connectivity index (χ0v) is 12.1. The Balaban J connectivity index is 3.02. The molecule has 0 radical (unpaired) electrons. The highest BCUT2D eigenvalue weighted by molar-refractivity contribution is 5.93. The van der Waals surface area contributed by atoms with Gasteiger partial charge in [-0.1, -0.05) is 13.8 Å². The van der Waals surface area contributed by atoms with Crippen LogP contribution in [-0.4, -0.2) is 26.2 Å². The number of amides is 1. The third kappa shape index (κ3) is 5.26. The molecule has 7 heteroatoms. The maximum absolute atomic E-state index is 12.7. The summed E-state index contributed by atoms with van der Waals surface area (Å²) in [6.45, 7) is 3.69. The lowest BCUT2D eigenvalue weighted by atomic mass is 10.1. The number of anilines is 1. The van der Waals surface area contributed by atoms with Gasteiger partial charge in [-0.2, -0.15) is 13.2 Å². The first kappa shape index (κ1) is 17.3. The normalized spacial score (nSPS) is 11.6. The monoisotopic (exact) mass is 305 g/mol. The summed E-state index contributed by atoms with van der Waals surface area (Å²) in [5, 5.41) is 2.54. The van der Waals surface area contributed by atoms with Crippen LogP contribution in [0.15, 0.2) is 18.2 Å². The smallest absolute Gasteiger partial charge is 0.416 e. The predicted molar refractivity (Wildman–Crippen MR) is 72.3 cm³/mol. The quantitative estimate of drug-likeness (QED) is 0.820. The molecule has 0 aliphatic heterocycles. The molecule has 0 aliphatic rings. The first-order valence-electron chi connectivity index (χ1n) is 6.39. The van der Waals surface area contributed by atoms with Crippen molar-refractivity contribution < 1.29 is 27.4 Å². The van der Waals surface area contributed by atoms with Crippen LogP contribution in [0.3, 0.4) is 0 Å². The fourth-order valence-corrected chi connectivity index (χ4v) is 1.43. The van der Waals surface area contributed by atoms with Crippen LogP contribution in [0.25, 0.3) is 0 Å². The Morgan fingerprint density at radius 2 is 1.95 bits per heavy atom. The summed E-state index contributed by atoms with van der Waals surface area (Å²) < 4.78 is 48.2. The van der Waals surface area contributed by atoms with E-state index in [9.17, 15) is 18.0 Å². The lowest BCUT2D eigenvalue weighted by molar-refractivity contribution is -0.137. The van der Waals surface area contributed by atoms with E-state index in [1.165, 1.54) is 13.2 Å². The maximum Gasteiger partial charge on any atom is 0.416 e. The molecule has 4 nitrogen and oxygen atoms in total. The Labute approximate surface area is 121 Å². The highest BCUT2D eigenvalue weighted by Crippen LogP contribution is 2.35. The van der Waals surface area contributed by atoms with Gasteiger partial charge < -0.3 is 14.8 Å². The van der Waals surface area contributed by atoms with Gasteiger partial charge in [-0.3, -0.25) is 4.79 Å². The Hall–Kier alpha value is -1.76. The molecule has 0 saturated heterocycles. The predicted octanol–water partition coefficient (Wildman–Crippen LogP) is 3.33. The molecule has 0 saturated carbocycles. The summed E-state index contributed by atoms with van der Waals surface area (Å²) >= 11 is 0. The average molecular weight is 305 g/mol. The minimum atomic E-state index is -4.47. The van der Waals surface area contributed by atoms with Gasteiger partial charge in [-0.15, -0.1) is 0 Å². The van der Waals surface area contributed by atoms with E-state index >= 15 is 0 Å². The van der Waals surface area contributed by atoms with E-state index < -0.39 is 11.7 Å². The molecule has 0 unspecified atom stereocenters. The second kappa shape index (κ2) is 7.31. The Morgan fingerprint density at radius 1 is 1.29 bits per heavy atom. The van der Waals surface area contributed by atoms with Crippen LogP contribution in [0.1, 0.15) is 19.4 Å². The molecule has 1 amide bonds. The van der Waals surface area contributed by atoms with Gasteiger partial charge >= 0.3 is 6.18 Å². The van der Waals surface area contributed by atoms with Crippen LogP contribution < -0.4 is 10.1 Å². The summed E-state index contributed by atoms with van der Waals surface area (Å²) in [7, 11) is 1.46. The molecule has 0 atom stereocenters. The van der Waals surface area contributed by atoms with E-state index in [4.69, 9.17) is 9.47 Å². The minimum Gasteiger partial charge on any atom is -0.489 e. The van der Waals surface area contributed by atoms with E-state index in [2.05, 4.69) is 5.32 Å². The zero-order valence-electron chi connectivity index (χ0n) is 12.1. The molecular weight excluding hydrogens is 287 g/mol. The molecule has 118 valence electrons. The fourth-order valence-electron chi connectivity index (χ4n) is 1.43. The van der Waals surface area contributed by atoms with E-state index in [0.29, 0.717) is 0 Å². The standard InChI is InChI=1S/C14H18F3NO3/c1-9(2)13(19)18-11-5-4-10(14(15,16)17)8-12(11)21-7-6-20-3/h4-5,8-9H,6-7H2,1-3H3,(H,18,19). The molecular formula is C14H18F3NO3. The van der Waals surface area contributed by atoms with Gasteiger partial charge in [-0.05, 0) is 18.2 Å². The van der Waals surface area contributed by atoms with Crippen LogP contribution >= 0.6 is 0 Å². The average Bonchev–Trinajstić information content (AvgIpc) is 2.39. The largest absolute Gasteiger partial charge is 0.489 e. The third-order valence-corrected chi connectivity index (χ3v) is 2.64. The highest BCUT2D eigenvalue weighted by atomic mass is 19.4. The Kier molecular flexibility index (Phi) is 6.02. The molecule has 0 bridgehead atoms. The lowest BCUT2D eigenvalue weighted by Crippen LogP contribution is -2.19. The molecule has 21 heavy (non-hydrogen) atoms. The molecule has 1 N–H and O–H groups in total. The number of carbonyl (C=O) groups is 1.